The summed E-state index contributed by atoms with van der Waals surface area (Å²) in [6.45, 7) is 0. The van der Waals surface area contributed by atoms with Crippen molar-refractivity contribution in [2.45, 2.75) is 6.42 Å². The van der Waals surface area contributed by atoms with Gasteiger partial charge in [-0.05, 0) is 30.2 Å². The number of alkyl halides is 1. The van der Waals surface area contributed by atoms with E-state index in [0.717, 1.165) is 11.3 Å². The Kier molecular flexibility index (Phi) is 5.02. The summed E-state index contributed by atoms with van der Waals surface area (Å²) in [5.41, 5.74) is 0.837. The number of halogens is 1. The minimum Gasteiger partial charge on any atom is -0.481 e. The minimum absolute atomic E-state index is 0.0784. The van der Waals surface area contributed by atoms with Crippen LogP contribution in [0.2, 0.25) is 0 Å². The van der Waals surface area contributed by atoms with Crippen molar-refractivity contribution in [1.29, 1.82) is 0 Å². The van der Waals surface area contributed by atoms with E-state index in [1.165, 1.54) is 0 Å². The Morgan fingerprint density at radius 2 is 1.75 bits per heavy atom. The van der Waals surface area contributed by atoms with Crippen molar-refractivity contribution in [2.75, 3.05) is 5.88 Å². The quantitative estimate of drug-likeness (QED) is 0.819. The van der Waals surface area contributed by atoms with Gasteiger partial charge in [0.2, 0.25) is 0 Å². The molecule has 3 nitrogen and oxygen atoms in total. The minimum atomic E-state index is -0.894. The van der Waals surface area contributed by atoms with Crippen molar-refractivity contribution in [3.05, 3.63) is 60.2 Å². The molecule has 0 aliphatic heterocycles. The first-order chi connectivity index (χ1) is 9.70. The van der Waals surface area contributed by atoms with Crippen molar-refractivity contribution in [2.24, 2.45) is 5.92 Å². The Morgan fingerprint density at radius 1 is 1.10 bits per heavy atom. The zero-order chi connectivity index (χ0) is 14.4. The maximum Gasteiger partial charge on any atom is 0.308 e. The number of para-hydroxylation sites is 2. The van der Waals surface area contributed by atoms with Gasteiger partial charge >= 0.3 is 5.97 Å². The standard InChI is InChI=1S/C16H15ClO3/c17-11-13(16(18)19)10-12-6-4-5-9-15(12)20-14-7-2-1-3-8-14/h1-9,13H,10-11H2,(H,18,19). The average molecular weight is 291 g/mol. The molecule has 1 N–H and O–H groups in total. The fraction of sp³-hybridized carbons (Fsp3) is 0.188. The van der Waals surface area contributed by atoms with Gasteiger partial charge in [0.1, 0.15) is 11.5 Å². The second-order valence-electron chi connectivity index (χ2n) is 4.42. The van der Waals surface area contributed by atoms with Crippen LogP contribution in [0.5, 0.6) is 11.5 Å². The Morgan fingerprint density at radius 3 is 2.40 bits per heavy atom. The van der Waals surface area contributed by atoms with E-state index in [0.29, 0.717) is 12.2 Å². The molecule has 1 unspecified atom stereocenters. The van der Waals surface area contributed by atoms with Crippen LogP contribution in [0.15, 0.2) is 54.6 Å². The molecule has 0 aromatic heterocycles. The Labute approximate surface area is 122 Å². The topological polar surface area (TPSA) is 46.5 Å². The fourth-order valence-corrected chi connectivity index (χ4v) is 2.10. The summed E-state index contributed by atoms with van der Waals surface area (Å²) in [6.07, 6.45) is 0.349. The van der Waals surface area contributed by atoms with Gasteiger partial charge in [-0.25, -0.2) is 0 Å². The molecule has 20 heavy (non-hydrogen) atoms. The van der Waals surface area contributed by atoms with Gasteiger partial charge in [-0.15, -0.1) is 11.6 Å². The van der Waals surface area contributed by atoms with Gasteiger partial charge in [-0.3, -0.25) is 4.79 Å². The lowest BCUT2D eigenvalue weighted by molar-refractivity contribution is -0.140. The number of carboxylic acids is 1. The normalized spacial score (nSPS) is 11.8. The van der Waals surface area contributed by atoms with Crippen molar-refractivity contribution in [3.8, 4) is 11.5 Å². The number of aliphatic carboxylic acids is 1. The molecule has 0 amide bonds. The van der Waals surface area contributed by atoms with E-state index in [9.17, 15) is 4.79 Å². The first-order valence-electron chi connectivity index (χ1n) is 6.30. The summed E-state index contributed by atoms with van der Waals surface area (Å²) in [5, 5.41) is 9.09. The number of ether oxygens (including phenoxy) is 1. The predicted molar refractivity (Wildman–Crippen MR) is 78.5 cm³/mol. The van der Waals surface area contributed by atoms with Crippen LogP contribution in [0, 0.1) is 5.92 Å². The van der Waals surface area contributed by atoms with E-state index in [1.54, 1.807) is 0 Å². The largest absolute Gasteiger partial charge is 0.481 e. The van der Waals surface area contributed by atoms with E-state index in [-0.39, 0.29) is 5.88 Å². The second-order valence-corrected chi connectivity index (χ2v) is 4.73. The van der Waals surface area contributed by atoms with Crippen molar-refractivity contribution >= 4 is 17.6 Å². The lowest BCUT2D eigenvalue weighted by atomic mass is 10.0. The number of carboxylic acid groups (broad SMARTS) is 1. The van der Waals surface area contributed by atoms with E-state index < -0.39 is 11.9 Å². The van der Waals surface area contributed by atoms with Crippen molar-refractivity contribution in [3.63, 3.8) is 0 Å². The van der Waals surface area contributed by atoms with Gasteiger partial charge in [0, 0.05) is 5.88 Å². The summed E-state index contributed by atoms with van der Waals surface area (Å²) in [7, 11) is 0. The fourth-order valence-electron chi connectivity index (χ4n) is 1.86. The zero-order valence-corrected chi connectivity index (χ0v) is 11.6. The van der Waals surface area contributed by atoms with Gasteiger partial charge in [0.25, 0.3) is 0 Å². The van der Waals surface area contributed by atoms with Gasteiger partial charge in [0.15, 0.2) is 0 Å². The summed E-state index contributed by atoms with van der Waals surface area (Å²) < 4.78 is 5.80. The highest BCUT2D eigenvalue weighted by atomic mass is 35.5. The molecule has 0 fully saturated rings. The van der Waals surface area contributed by atoms with Gasteiger partial charge < -0.3 is 9.84 Å². The molecule has 1 atom stereocenters. The SMILES string of the molecule is O=C(O)C(CCl)Cc1ccccc1Oc1ccccc1. The second kappa shape index (κ2) is 6.96. The Bertz CT molecular complexity index is 569. The molecular weight excluding hydrogens is 276 g/mol. The van der Waals surface area contributed by atoms with Gasteiger partial charge in [-0.1, -0.05) is 36.4 Å². The summed E-state index contributed by atoms with van der Waals surface area (Å²) in [6, 6.07) is 16.8. The lowest BCUT2D eigenvalue weighted by Gasteiger charge is -2.13. The van der Waals surface area contributed by atoms with Crippen LogP contribution < -0.4 is 4.74 Å². The number of hydrogen-bond donors (Lipinski definition) is 1. The number of carbonyl (C=O) groups is 1. The molecule has 2 aromatic rings. The maximum absolute atomic E-state index is 11.1. The summed E-state index contributed by atoms with van der Waals surface area (Å²) in [4.78, 5) is 11.1. The highest BCUT2D eigenvalue weighted by Gasteiger charge is 2.18. The van der Waals surface area contributed by atoms with Crippen LogP contribution in [0.1, 0.15) is 5.56 Å². The van der Waals surface area contributed by atoms with Crippen LogP contribution >= 0.6 is 11.6 Å². The summed E-state index contributed by atoms with van der Waals surface area (Å²) >= 11 is 5.70. The molecular formula is C16H15ClO3. The first kappa shape index (κ1) is 14.4. The average Bonchev–Trinajstić information content (AvgIpc) is 2.47. The molecule has 0 saturated carbocycles. The third-order valence-corrected chi connectivity index (χ3v) is 3.32. The molecule has 2 rings (SSSR count). The van der Waals surface area contributed by atoms with E-state index in [4.69, 9.17) is 21.4 Å². The maximum atomic E-state index is 11.1. The van der Waals surface area contributed by atoms with Gasteiger partial charge in [0.05, 0.1) is 5.92 Å². The molecule has 2 aromatic carbocycles. The highest BCUT2D eigenvalue weighted by molar-refractivity contribution is 6.19. The Hall–Kier alpha value is -2.00. The molecule has 0 saturated heterocycles. The third-order valence-electron chi connectivity index (χ3n) is 2.95. The molecule has 0 bridgehead atoms. The lowest BCUT2D eigenvalue weighted by Crippen LogP contribution is -2.18. The van der Waals surface area contributed by atoms with Crippen LogP contribution in [-0.4, -0.2) is 17.0 Å². The van der Waals surface area contributed by atoms with Crippen LogP contribution in [0.25, 0.3) is 0 Å². The van der Waals surface area contributed by atoms with E-state index >= 15 is 0 Å². The number of benzene rings is 2. The van der Waals surface area contributed by atoms with E-state index in [2.05, 4.69) is 0 Å². The van der Waals surface area contributed by atoms with Crippen LogP contribution in [-0.2, 0) is 11.2 Å². The number of hydrogen-bond acceptors (Lipinski definition) is 2. The molecule has 104 valence electrons. The van der Waals surface area contributed by atoms with Crippen LogP contribution in [0.3, 0.4) is 0 Å². The molecule has 4 heteroatoms. The molecule has 0 aliphatic carbocycles. The molecule has 0 radical (unpaired) electrons. The van der Waals surface area contributed by atoms with Gasteiger partial charge in [-0.2, -0.15) is 0 Å². The highest BCUT2D eigenvalue weighted by Crippen LogP contribution is 2.27. The molecule has 0 aliphatic rings. The third kappa shape index (κ3) is 3.75. The van der Waals surface area contributed by atoms with E-state index in [1.807, 2.05) is 54.6 Å². The monoisotopic (exact) mass is 290 g/mol. The smallest absolute Gasteiger partial charge is 0.308 e. The Balaban J connectivity index is 2.20. The summed E-state index contributed by atoms with van der Waals surface area (Å²) in [5.74, 6) is -0.0471. The predicted octanol–water partition coefficient (Wildman–Crippen LogP) is 3.96. The number of rotatable bonds is 6. The molecule has 0 spiro atoms. The van der Waals surface area contributed by atoms with Crippen molar-refractivity contribution in [1.82, 2.24) is 0 Å². The zero-order valence-electron chi connectivity index (χ0n) is 10.8. The molecule has 0 heterocycles. The first-order valence-corrected chi connectivity index (χ1v) is 6.83. The van der Waals surface area contributed by atoms with Crippen molar-refractivity contribution < 1.29 is 14.6 Å². The van der Waals surface area contributed by atoms with Crippen LogP contribution in [0.4, 0.5) is 0 Å².